The fourth-order valence-electron chi connectivity index (χ4n) is 2.97. The van der Waals surface area contributed by atoms with Crippen molar-refractivity contribution in [1.29, 1.82) is 0 Å². The smallest absolute Gasteiger partial charge is 0.256 e. The molecule has 1 unspecified atom stereocenters. The first-order valence-electron chi connectivity index (χ1n) is 7.08. The van der Waals surface area contributed by atoms with Gasteiger partial charge in [0.2, 0.25) is 0 Å². The Kier molecular flexibility index (Phi) is 4.58. The molecule has 0 amide bonds. The first kappa shape index (κ1) is 14.1. The van der Waals surface area contributed by atoms with E-state index in [0.717, 1.165) is 12.8 Å². The lowest BCUT2D eigenvalue weighted by Gasteiger charge is -2.28. The quantitative estimate of drug-likeness (QED) is 0.874. The number of ether oxygens (including phenoxy) is 1. The summed E-state index contributed by atoms with van der Waals surface area (Å²) in [5.41, 5.74) is 6.29. The fraction of sp³-hybridized carbons (Fsp3) is 0.714. The molecule has 0 spiro atoms. The van der Waals surface area contributed by atoms with Crippen molar-refractivity contribution in [1.82, 2.24) is 9.97 Å². The Morgan fingerprint density at radius 1 is 1.42 bits per heavy atom. The SMILES string of the molecule is CCc1c(N)nc(C(OC)C2CCCCC2)[nH]c1=O. The average Bonchev–Trinajstić information content (AvgIpc) is 2.40. The molecular formula is C14H23N3O2. The monoisotopic (exact) mass is 265 g/mol. The predicted molar refractivity (Wildman–Crippen MR) is 75.0 cm³/mol. The van der Waals surface area contributed by atoms with Gasteiger partial charge in [0.1, 0.15) is 17.7 Å². The third kappa shape index (κ3) is 2.97. The standard InChI is InChI=1S/C14H23N3O2/c1-3-10-12(15)16-13(17-14(10)18)11(19-2)9-7-5-4-6-8-9/h9,11H,3-8H2,1-2H3,(H3,15,16,17,18). The number of nitrogens with two attached hydrogens (primary N) is 1. The van der Waals surface area contributed by atoms with E-state index in [4.69, 9.17) is 10.5 Å². The van der Waals surface area contributed by atoms with Crippen LogP contribution in [0.2, 0.25) is 0 Å². The van der Waals surface area contributed by atoms with Crippen LogP contribution in [0.15, 0.2) is 4.79 Å². The van der Waals surface area contributed by atoms with Crippen LogP contribution >= 0.6 is 0 Å². The third-order valence-electron chi connectivity index (χ3n) is 4.02. The molecule has 19 heavy (non-hydrogen) atoms. The number of rotatable bonds is 4. The topological polar surface area (TPSA) is 81.0 Å². The second-order valence-electron chi connectivity index (χ2n) is 5.22. The van der Waals surface area contributed by atoms with Gasteiger partial charge < -0.3 is 15.5 Å². The zero-order chi connectivity index (χ0) is 13.8. The van der Waals surface area contributed by atoms with Crippen LogP contribution in [-0.4, -0.2) is 17.1 Å². The molecule has 1 aliphatic rings. The molecule has 5 heteroatoms. The summed E-state index contributed by atoms with van der Waals surface area (Å²) >= 11 is 0. The van der Waals surface area contributed by atoms with Gasteiger partial charge in [-0.05, 0) is 25.2 Å². The number of nitrogens with one attached hydrogen (secondary N) is 1. The van der Waals surface area contributed by atoms with Gasteiger partial charge in [0, 0.05) is 7.11 Å². The number of hydrogen-bond acceptors (Lipinski definition) is 4. The van der Waals surface area contributed by atoms with Crippen LogP contribution in [0.25, 0.3) is 0 Å². The number of nitrogen functional groups attached to an aromatic ring is 1. The van der Waals surface area contributed by atoms with Crippen LogP contribution in [0.5, 0.6) is 0 Å². The highest BCUT2D eigenvalue weighted by atomic mass is 16.5. The minimum atomic E-state index is -0.152. The maximum Gasteiger partial charge on any atom is 0.256 e. The van der Waals surface area contributed by atoms with Gasteiger partial charge in [0.15, 0.2) is 0 Å². The number of aromatic nitrogens is 2. The molecular weight excluding hydrogens is 242 g/mol. The lowest BCUT2D eigenvalue weighted by atomic mass is 9.85. The molecule has 5 nitrogen and oxygen atoms in total. The number of nitrogens with zero attached hydrogens (tertiary/aromatic N) is 1. The molecule has 0 aliphatic heterocycles. The Morgan fingerprint density at radius 2 is 2.11 bits per heavy atom. The molecule has 106 valence electrons. The summed E-state index contributed by atoms with van der Waals surface area (Å²) in [4.78, 5) is 19.2. The molecule has 1 atom stereocenters. The highest BCUT2D eigenvalue weighted by molar-refractivity contribution is 5.37. The summed E-state index contributed by atoms with van der Waals surface area (Å²) in [6, 6.07) is 0. The van der Waals surface area contributed by atoms with E-state index in [0.29, 0.717) is 29.5 Å². The van der Waals surface area contributed by atoms with Crippen molar-refractivity contribution in [2.45, 2.75) is 51.6 Å². The van der Waals surface area contributed by atoms with Gasteiger partial charge >= 0.3 is 0 Å². The van der Waals surface area contributed by atoms with Crippen molar-refractivity contribution in [2.75, 3.05) is 12.8 Å². The summed E-state index contributed by atoms with van der Waals surface area (Å²) in [6.45, 7) is 1.90. The van der Waals surface area contributed by atoms with Gasteiger partial charge in [-0.1, -0.05) is 26.2 Å². The molecule has 3 N–H and O–H groups in total. The lowest BCUT2D eigenvalue weighted by Crippen LogP contribution is -2.26. The van der Waals surface area contributed by atoms with Crippen LogP contribution in [-0.2, 0) is 11.2 Å². The number of anilines is 1. The average molecular weight is 265 g/mol. The molecule has 1 saturated carbocycles. The molecule has 1 heterocycles. The van der Waals surface area contributed by atoms with Gasteiger partial charge in [-0.25, -0.2) is 4.98 Å². The lowest BCUT2D eigenvalue weighted by molar-refractivity contribution is 0.0288. The maximum absolute atomic E-state index is 12.0. The zero-order valence-corrected chi connectivity index (χ0v) is 11.7. The van der Waals surface area contributed by atoms with Crippen molar-refractivity contribution < 1.29 is 4.74 Å². The van der Waals surface area contributed by atoms with Gasteiger partial charge in [0.25, 0.3) is 5.56 Å². The van der Waals surface area contributed by atoms with E-state index in [1.54, 1.807) is 7.11 Å². The third-order valence-corrected chi connectivity index (χ3v) is 4.02. The van der Waals surface area contributed by atoms with E-state index in [2.05, 4.69) is 9.97 Å². The first-order valence-corrected chi connectivity index (χ1v) is 7.08. The van der Waals surface area contributed by atoms with E-state index in [1.165, 1.54) is 19.3 Å². The van der Waals surface area contributed by atoms with Crippen LogP contribution in [0.3, 0.4) is 0 Å². The summed E-state index contributed by atoms with van der Waals surface area (Å²) in [5, 5.41) is 0. The predicted octanol–water partition coefficient (Wildman–Crippen LogP) is 2.18. The van der Waals surface area contributed by atoms with E-state index in [9.17, 15) is 4.79 Å². The maximum atomic E-state index is 12.0. The Balaban J connectivity index is 2.30. The number of aromatic amines is 1. The highest BCUT2D eigenvalue weighted by Crippen LogP contribution is 2.35. The van der Waals surface area contributed by atoms with E-state index >= 15 is 0 Å². The van der Waals surface area contributed by atoms with Gasteiger partial charge in [-0.15, -0.1) is 0 Å². The van der Waals surface area contributed by atoms with Crippen molar-refractivity contribution in [2.24, 2.45) is 5.92 Å². The van der Waals surface area contributed by atoms with E-state index in [-0.39, 0.29) is 11.7 Å². The molecule has 1 fully saturated rings. The van der Waals surface area contributed by atoms with Crippen LogP contribution in [0, 0.1) is 5.92 Å². The number of hydrogen-bond donors (Lipinski definition) is 2. The highest BCUT2D eigenvalue weighted by Gasteiger charge is 2.27. The minimum absolute atomic E-state index is 0.136. The molecule has 0 saturated heterocycles. The molecule has 0 radical (unpaired) electrons. The summed E-state index contributed by atoms with van der Waals surface area (Å²) in [5.74, 6) is 1.34. The molecule has 0 aromatic carbocycles. The van der Waals surface area contributed by atoms with E-state index in [1.807, 2.05) is 6.92 Å². The normalized spacial score (nSPS) is 18.4. The zero-order valence-electron chi connectivity index (χ0n) is 11.7. The second kappa shape index (κ2) is 6.19. The van der Waals surface area contributed by atoms with Crippen molar-refractivity contribution >= 4 is 5.82 Å². The van der Waals surface area contributed by atoms with Crippen LogP contribution < -0.4 is 11.3 Å². The second-order valence-corrected chi connectivity index (χ2v) is 5.22. The number of methoxy groups -OCH3 is 1. The largest absolute Gasteiger partial charge is 0.383 e. The van der Waals surface area contributed by atoms with Crippen molar-refractivity contribution in [3.8, 4) is 0 Å². The summed E-state index contributed by atoms with van der Waals surface area (Å²) < 4.78 is 5.57. The Bertz CT molecular complexity index is 478. The first-order chi connectivity index (χ1) is 9.17. The van der Waals surface area contributed by atoms with Gasteiger partial charge in [0.05, 0.1) is 5.56 Å². The molecule has 2 rings (SSSR count). The molecule has 0 bridgehead atoms. The summed E-state index contributed by atoms with van der Waals surface area (Å²) in [6.07, 6.45) is 6.41. The minimum Gasteiger partial charge on any atom is -0.383 e. The summed E-state index contributed by atoms with van der Waals surface area (Å²) in [7, 11) is 1.67. The van der Waals surface area contributed by atoms with Gasteiger partial charge in [-0.2, -0.15) is 0 Å². The van der Waals surface area contributed by atoms with Gasteiger partial charge in [-0.3, -0.25) is 4.79 Å². The van der Waals surface area contributed by atoms with Crippen molar-refractivity contribution in [3.63, 3.8) is 0 Å². The van der Waals surface area contributed by atoms with Crippen LogP contribution in [0.4, 0.5) is 5.82 Å². The Hall–Kier alpha value is -1.36. The van der Waals surface area contributed by atoms with Crippen LogP contribution in [0.1, 0.15) is 56.5 Å². The molecule has 1 aliphatic carbocycles. The Morgan fingerprint density at radius 3 is 2.63 bits per heavy atom. The van der Waals surface area contributed by atoms with E-state index < -0.39 is 0 Å². The Labute approximate surface area is 113 Å². The number of H-pyrrole nitrogens is 1. The fourth-order valence-corrected chi connectivity index (χ4v) is 2.97. The molecule has 1 aromatic rings. The van der Waals surface area contributed by atoms with Crippen molar-refractivity contribution in [3.05, 3.63) is 21.7 Å². The molecule has 1 aromatic heterocycles.